The summed E-state index contributed by atoms with van der Waals surface area (Å²) in [6, 6.07) is 5.87. The summed E-state index contributed by atoms with van der Waals surface area (Å²) in [5.74, 6) is 0.341. The fourth-order valence-corrected chi connectivity index (χ4v) is 5.56. The Balaban J connectivity index is 1.90. The third-order valence-corrected chi connectivity index (χ3v) is 6.86. The van der Waals surface area contributed by atoms with Crippen LogP contribution in [0.3, 0.4) is 0 Å². The lowest BCUT2D eigenvalue weighted by molar-refractivity contribution is 0.590. The number of nitrogens with one attached hydrogen (secondary N) is 1. The first-order valence-electron chi connectivity index (χ1n) is 7.85. The predicted octanol–water partition coefficient (Wildman–Crippen LogP) is 1.32. The smallest absolute Gasteiger partial charge is 0.245 e. The van der Waals surface area contributed by atoms with Gasteiger partial charge >= 0.3 is 0 Å². The lowest BCUT2D eigenvalue weighted by Crippen LogP contribution is -2.35. The van der Waals surface area contributed by atoms with Gasteiger partial charge in [0.05, 0.1) is 29.8 Å². The molecule has 0 amide bonds. The number of anilines is 3. The lowest BCUT2D eigenvalue weighted by atomic mass is 10.3. The molecule has 0 atom stereocenters. The molecule has 0 bridgehead atoms. The van der Waals surface area contributed by atoms with E-state index in [4.69, 9.17) is 0 Å². The second-order valence-electron chi connectivity index (χ2n) is 5.83. The molecule has 0 unspecified atom stereocenters. The van der Waals surface area contributed by atoms with Crippen molar-refractivity contribution < 1.29 is 16.8 Å². The van der Waals surface area contributed by atoms with E-state index in [1.807, 2.05) is 6.92 Å². The number of nitrogens with zero attached hydrogens (tertiary/aromatic N) is 5. The van der Waals surface area contributed by atoms with E-state index >= 15 is 0 Å². The summed E-state index contributed by atoms with van der Waals surface area (Å²) in [5, 5.41) is 8.02. The highest BCUT2D eigenvalue weighted by molar-refractivity contribution is 8.09. The summed E-state index contributed by atoms with van der Waals surface area (Å²) >= 11 is 0. The van der Waals surface area contributed by atoms with Crippen LogP contribution in [0.25, 0.3) is 11.0 Å². The number of hydrogen-bond donors (Lipinski definition) is 1. The number of benzene rings is 1. The molecule has 0 saturated heterocycles. The van der Waals surface area contributed by atoms with E-state index in [1.165, 1.54) is 12.1 Å². The maximum absolute atomic E-state index is 11.8. The first kappa shape index (κ1) is 19.0. The second-order valence-corrected chi connectivity index (χ2v) is 9.72. The first-order chi connectivity index (χ1) is 12.6. The number of aryl methyl sites for hydroxylation is 1. The Morgan fingerprint density at radius 3 is 2.22 bits per heavy atom. The van der Waals surface area contributed by atoms with Crippen LogP contribution in [0.2, 0.25) is 0 Å². The minimum Gasteiger partial charge on any atom is -0.324 e. The van der Waals surface area contributed by atoms with Gasteiger partial charge < -0.3 is 5.32 Å². The average molecular weight is 410 g/mol. The van der Waals surface area contributed by atoms with Crippen LogP contribution < -0.4 is 9.03 Å². The quantitative estimate of drug-likeness (QED) is 0.644. The van der Waals surface area contributed by atoms with Gasteiger partial charge in [-0.25, -0.2) is 26.5 Å². The summed E-state index contributed by atoms with van der Waals surface area (Å²) in [4.78, 5) is 8.62. The second kappa shape index (κ2) is 6.78. The van der Waals surface area contributed by atoms with Crippen molar-refractivity contribution >= 4 is 48.4 Å². The van der Waals surface area contributed by atoms with Crippen LogP contribution in [0.5, 0.6) is 0 Å². The van der Waals surface area contributed by atoms with E-state index in [2.05, 4.69) is 20.4 Å². The fourth-order valence-electron chi connectivity index (χ4n) is 2.58. The highest BCUT2D eigenvalue weighted by atomic mass is 32.3. The van der Waals surface area contributed by atoms with Gasteiger partial charge in [-0.3, -0.25) is 0 Å². The largest absolute Gasteiger partial charge is 0.324 e. The zero-order chi connectivity index (χ0) is 19.8. The summed E-state index contributed by atoms with van der Waals surface area (Å²) in [5.41, 5.74) is 1.28. The molecule has 1 aromatic carbocycles. The summed E-state index contributed by atoms with van der Waals surface area (Å²) in [7, 11) is -7.96. The number of sulfonamides is 2. The van der Waals surface area contributed by atoms with Crippen molar-refractivity contribution in [1.29, 1.82) is 0 Å². The van der Waals surface area contributed by atoms with Crippen LogP contribution in [0.15, 0.2) is 36.7 Å². The molecule has 1 N–H and O–H groups in total. The van der Waals surface area contributed by atoms with E-state index < -0.39 is 20.0 Å². The minimum atomic E-state index is -3.98. The van der Waals surface area contributed by atoms with Crippen LogP contribution in [0.1, 0.15) is 6.92 Å². The van der Waals surface area contributed by atoms with Gasteiger partial charge in [0.25, 0.3) is 0 Å². The molecule has 27 heavy (non-hydrogen) atoms. The zero-order valence-corrected chi connectivity index (χ0v) is 16.5. The normalized spacial score (nSPS) is 12.3. The maximum atomic E-state index is 11.8. The fraction of sp³-hybridized carbons (Fsp3) is 0.267. The van der Waals surface area contributed by atoms with Gasteiger partial charge in [0.1, 0.15) is 0 Å². The molecule has 2 heterocycles. The molecule has 10 nitrogen and oxygen atoms in total. The molecule has 0 spiro atoms. The van der Waals surface area contributed by atoms with Crippen LogP contribution in [-0.2, 0) is 26.6 Å². The summed E-state index contributed by atoms with van der Waals surface area (Å²) in [6.07, 6.45) is 5.00. The Labute approximate surface area is 157 Å². The van der Waals surface area contributed by atoms with Crippen molar-refractivity contribution in [2.24, 2.45) is 0 Å². The number of rotatable bonds is 6. The average Bonchev–Trinajstić information content (AvgIpc) is 2.96. The van der Waals surface area contributed by atoms with Crippen molar-refractivity contribution in [2.75, 3.05) is 21.5 Å². The third-order valence-electron chi connectivity index (χ3n) is 3.61. The molecule has 12 heteroatoms. The van der Waals surface area contributed by atoms with E-state index in [9.17, 15) is 16.8 Å². The van der Waals surface area contributed by atoms with E-state index in [0.29, 0.717) is 27.5 Å². The SMILES string of the molecule is CCn1ncc2cnc(Nc3ccc(N(S(C)(=O)=O)S(C)(=O)=O)cc3)nc21. The monoisotopic (exact) mass is 410 g/mol. The third kappa shape index (κ3) is 4.01. The summed E-state index contributed by atoms with van der Waals surface area (Å²) < 4.78 is 49.4. The topological polar surface area (TPSA) is 127 Å². The van der Waals surface area contributed by atoms with Crippen molar-refractivity contribution in [3.05, 3.63) is 36.7 Å². The molecule has 0 radical (unpaired) electrons. The van der Waals surface area contributed by atoms with Crippen molar-refractivity contribution in [1.82, 2.24) is 19.7 Å². The number of fused-ring (bicyclic) bond motifs is 1. The zero-order valence-electron chi connectivity index (χ0n) is 14.9. The minimum absolute atomic E-state index is 0.0194. The lowest BCUT2D eigenvalue weighted by Gasteiger charge is -2.19. The Hall–Kier alpha value is -2.73. The van der Waals surface area contributed by atoms with Gasteiger partial charge in [0, 0.05) is 18.4 Å². The molecular formula is C15H18N6O4S2. The maximum Gasteiger partial charge on any atom is 0.245 e. The van der Waals surface area contributed by atoms with Crippen molar-refractivity contribution in [2.45, 2.75) is 13.5 Å². The van der Waals surface area contributed by atoms with Gasteiger partial charge in [-0.2, -0.15) is 13.8 Å². The molecule has 0 saturated carbocycles. The van der Waals surface area contributed by atoms with Gasteiger partial charge in [-0.15, -0.1) is 0 Å². The van der Waals surface area contributed by atoms with Crippen molar-refractivity contribution in [3.8, 4) is 0 Å². The molecule has 0 aliphatic carbocycles. The molecule has 3 aromatic rings. The van der Waals surface area contributed by atoms with Crippen LogP contribution in [0, 0.1) is 0 Å². The highest BCUT2D eigenvalue weighted by Gasteiger charge is 2.27. The number of hydrogen-bond acceptors (Lipinski definition) is 8. The molecule has 0 aliphatic rings. The Kier molecular flexibility index (Phi) is 4.78. The molecule has 2 aromatic heterocycles. The first-order valence-corrected chi connectivity index (χ1v) is 11.6. The van der Waals surface area contributed by atoms with Crippen LogP contribution >= 0.6 is 0 Å². The van der Waals surface area contributed by atoms with Gasteiger partial charge in [-0.05, 0) is 31.2 Å². The standard InChI is InChI=1S/C15H18N6O4S2/c1-4-20-14-11(10-17-20)9-16-15(19-14)18-12-5-7-13(8-6-12)21(26(2,22)23)27(3,24)25/h5-10H,4H2,1-3H3,(H,16,18,19). The van der Waals surface area contributed by atoms with Crippen molar-refractivity contribution in [3.63, 3.8) is 0 Å². The van der Waals surface area contributed by atoms with Gasteiger partial charge in [0.15, 0.2) is 5.65 Å². The Morgan fingerprint density at radius 2 is 1.67 bits per heavy atom. The van der Waals surface area contributed by atoms with Crippen LogP contribution in [0.4, 0.5) is 17.3 Å². The van der Waals surface area contributed by atoms with E-state index in [0.717, 1.165) is 17.9 Å². The van der Waals surface area contributed by atoms with E-state index in [1.54, 1.807) is 29.2 Å². The molecule has 144 valence electrons. The van der Waals surface area contributed by atoms with E-state index in [-0.39, 0.29) is 5.69 Å². The molecular weight excluding hydrogens is 392 g/mol. The Morgan fingerprint density at radius 1 is 1.04 bits per heavy atom. The number of aromatic nitrogens is 4. The summed E-state index contributed by atoms with van der Waals surface area (Å²) in [6.45, 7) is 2.62. The Bertz CT molecular complexity index is 1150. The molecule has 0 aliphatic heterocycles. The van der Waals surface area contributed by atoms with Crippen LogP contribution in [-0.4, -0.2) is 49.1 Å². The predicted molar refractivity (Wildman–Crippen MR) is 103 cm³/mol. The van der Waals surface area contributed by atoms with Gasteiger partial charge in [0.2, 0.25) is 26.0 Å². The highest BCUT2D eigenvalue weighted by Crippen LogP contribution is 2.24. The molecule has 3 rings (SSSR count). The van der Waals surface area contributed by atoms with Gasteiger partial charge in [-0.1, -0.05) is 0 Å². The molecule has 0 fully saturated rings.